The van der Waals surface area contributed by atoms with Crippen molar-refractivity contribution in [3.8, 4) is 0 Å². The Labute approximate surface area is 85.0 Å². The third kappa shape index (κ3) is 2.20. The van der Waals surface area contributed by atoms with E-state index in [0.717, 1.165) is 19.7 Å². The molecular formula is C10H19NOS. The van der Waals surface area contributed by atoms with Crippen LogP contribution in [0.25, 0.3) is 0 Å². The van der Waals surface area contributed by atoms with E-state index in [0.29, 0.717) is 4.75 Å². The van der Waals surface area contributed by atoms with Gasteiger partial charge in [0, 0.05) is 17.8 Å². The van der Waals surface area contributed by atoms with Crippen LogP contribution in [0.5, 0.6) is 0 Å². The van der Waals surface area contributed by atoms with E-state index >= 15 is 0 Å². The van der Waals surface area contributed by atoms with E-state index in [2.05, 4.69) is 11.3 Å². The molecule has 0 unspecified atom stereocenters. The van der Waals surface area contributed by atoms with Crippen molar-refractivity contribution in [2.24, 2.45) is 0 Å². The average molecular weight is 201 g/mol. The van der Waals surface area contributed by atoms with Crippen LogP contribution in [0.4, 0.5) is 0 Å². The highest BCUT2D eigenvalue weighted by atomic mass is 32.2. The largest absolute Gasteiger partial charge is 0.299 e. The smallest absolute Gasteiger partial charge is 0.0685 e. The lowest BCUT2D eigenvalue weighted by Crippen LogP contribution is -2.46. The second-order valence-electron chi connectivity index (χ2n) is 4.14. The van der Waals surface area contributed by atoms with Gasteiger partial charge in [-0.25, -0.2) is 0 Å². The Balaban J connectivity index is 1.81. The van der Waals surface area contributed by atoms with Gasteiger partial charge in [-0.3, -0.25) is 4.84 Å². The highest BCUT2D eigenvalue weighted by Gasteiger charge is 2.38. The van der Waals surface area contributed by atoms with Crippen LogP contribution in [0.2, 0.25) is 0 Å². The molecule has 0 bridgehead atoms. The predicted molar refractivity (Wildman–Crippen MR) is 56.9 cm³/mol. The maximum Gasteiger partial charge on any atom is 0.0685 e. The van der Waals surface area contributed by atoms with Crippen molar-refractivity contribution in [2.75, 3.05) is 26.0 Å². The molecule has 2 nitrogen and oxygen atoms in total. The molecule has 1 saturated carbocycles. The summed E-state index contributed by atoms with van der Waals surface area (Å²) in [5, 5.41) is 2.19. The van der Waals surface area contributed by atoms with Crippen molar-refractivity contribution >= 4 is 11.8 Å². The lowest BCUT2D eigenvalue weighted by molar-refractivity contribution is -0.187. The van der Waals surface area contributed by atoms with Crippen molar-refractivity contribution in [1.29, 1.82) is 0 Å². The molecule has 0 aromatic carbocycles. The van der Waals surface area contributed by atoms with Gasteiger partial charge in [-0.1, -0.05) is 6.42 Å². The Morgan fingerprint density at radius 1 is 1.31 bits per heavy atom. The Morgan fingerprint density at radius 3 is 2.62 bits per heavy atom. The molecule has 2 fully saturated rings. The third-order valence-corrected chi connectivity index (χ3v) is 4.64. The summed E-state index contributed by atoms with van der Waals surface area (Å²) >= 11 is 2.03. The van der Waals surface area contributed by atoms with Crippen LogP contribution in [0.1, 0.15) is 32.1 Å². The van der Waals surface area contributed by atoms with Crippen molar-refractivity contribution < 1.29 is 4.84 Å². The van der Waals surface area contributed by atoms with Crippen LogP contribution in [-0.2, 0) is 4.84 Å². The molecule has 3 heteroatoms. The molecule has 76 valence electrons. The normalized spacial score (nSPS) is 28.4. The molecule has 1 saturated heterocycles. The third-order valence-electron chi connectivity index (χ3n) is 3.24. The summed E-state index contributed by atoms with van der Waals surface area (Å²) < 4.78 is 0.539. The Hall–Kier alpha value is 0.270. The second-order valence-corrected chi connectivity index (χ2v) is 5.42. The number of hydrogen-bond donors (Lipinski definition) is 0. The van der Waals surface area contributed by atoms with Gasteiger partial charge in [0.2, 0.25) is 0 Å². The fraction of sp³-hybridized carbons (Fsp3) is 1.00. The molecule has 2 aliphatic rings. The van der Waals surface area contributed by atoms with Crippen LogP contribution in [0.15, 0.2) is 0 Å². The number of hydroxylamine groups is 2. The summed E-state index contributed by atoms with van der Waals surface area (Å²) in [5.41, 5.74) is 0. The first-order valence-corrected chi connectivity index (χ1v) is 6.50. The zero-order valence-electron chi connectivity index (χ0n) is 8.42. The van der Waals surface area contributed by atoms with Crippen LogP contribution >= 0.6 is 11.8 Å². The fourth-order valence-corrected chi connectivity index (χ4v) is 3.06. The quantitative estimate of drug-likeness (QED) is 0.695. The van der Waals surface area contributed by atoms with E-state index in [4.69, 9.17) is 4.84 Å². The molecule has 13 heavy (non-hydrogen) atoms. The lowest BCUT2D eigenvalue weighted by atomic mass is 9.84. The van der Waals surface area contributed by atoms with Gasteiger partial charge in [0.15, 0.2) is 0 Å². The highest BCUT2D eigenvalue weighted by Crippen LogP contribution is 2.43. The summed E-state index contributed by atoms with van der Waals surface area (Å²) in [5.74, 6) is 0. The molecule has 0 aromatic rings. The van der Waals surface area contributed by atoms with Gasteiger partial charge in [-0.05, 0) is 31.9 Å². The summed E-state index contributed by atoms with van der Waals surface area (Å²) in [6.45, 7) is 3.22. The first-order valence-electron chi connectivity index (χ1n) is 5.28. The van der Waals surface area contributed by atoms with E-state index in [9.17, 15) is 0 Å². The minimum absolute atomic E-state index is 0.539. The van der Waals surface area contributed by atoms with Crippen molar-refractivity contribution in [1.82, 2.24) is 5.06 Å². The van der Waals surface area contributed by atoms with E-state index in [1.54, 1.807) is 0 Å². The predicted octanol–water partition coefficient (Wildman–Crippen LogP) is 2.30. The van der Waals surface area contributed by atoms with E-state index in [1.165, 1.54) is 32.1 Å². The molecule has 1 aliphatic carbocycles. The zero-order valence-corrected chi connectivity index (χ0v) is 9.24. The fourth-order valence-electron chi connectivity index (χ4n) is 2.09. The summed E-state index contributed by atoms with van der Waals surface area (Å²) in [6, 6.07) is 0. The second kappa shape index (κ2) is 4.20. The summed E-state index contributed by atoms with van der Waals surface area (Å²) in [7, 11) is 0. The Morgan fingerprint density at radius 2 is 2.15 bits per heavy atom. The number of hydrogen-bond acceptors (Lipinski definition) is 3. The van der Waals surface area contributed by atoms with Crippen LogP contribution in [-0.4, -0.2) is 35.8 Å². The highest BCUT2D eigenvalue weighted by molar-refractivity contribution is 8.00. The standard InChI is InChI=1S/C10H19NOS/c1-13-10(5-4-6-10)9-11-7-2-3-8-12-11/h2-9H2,1H3. The maximum absolute atomic E-state index is 5.63. The zero-order chi connectivity index (χ0) is 9.15. The Kier molecular flexibility index (Phi) is 3.17. The van der Waals surface area contributed by atoms with Crippen molar-refractivity contribution in [3.05, 3.63) is 0 Å². The molecule has 1 aliphatic heterocycles. The first-order chi connectivity index (χ1) is 6.35. The van der Waals surface area contributed by atoms with Gasteiger partial charge >= 0.3 is 0 Å². The molecule has 0 spiro atoms. The van der Waals surface area contributed by atoms with Crippen LogP contribution in [0, 0.1) is 0 Å². The monoisotopic (exact) mass is 201 g/mol. The molecule has 0 radical (unpaired) electrons. The molecule has 0 amide bonds. The number of thioether (sulfide) groups is 1. The minimum atomic E-state index is 0.539. The van der Waals surface area contributed by atoms with Gasteiger partial charge in [0.1, 0.15) is 0 Å². The van der Waals surface area contributed by atoms with Gasteiger partial charge in [-0.2, -0.15) is 16.8 Å². The van der Waals surface area contributed by atoms with E-state index in [-0.39, 0.29) is 0 Å². The molecular weight excluding hydrogens is 182 g/mol. The van der Waals surface area contributed by atoms with Crippen LogP contribution in [0.3, 0.4) is 0 Å². The Bertz CT molecular complexity index is 159. The summed E-state index contributed by atoms with van der Waals surface area (Å²) in [6.07, 6.45) is 8.97. The van der Waals surface area contributed by atoms with Crippen LogP contribution < -0.4 is 0 Å². The molecule has 0 N–H and O–H groups in total. The number of rotatable bonds is 3. The van der Waals surface area contributed by atoms with E-state index < -0.39 is 0 Å². The minimum Gasteiger partial charge on any atom is -0.299 e. The van der Waals surface area contributed by atoms with Gasteiger partial charge < -0.3 is 0 Å². The number of nitrogens with zero attached hydrogens (tertiary/aromatic N) is 1. The molecule has 1 heterocycles. The van der Waals surface area contributed by atoms with Crippen molar-refractivity contribution in [2.45, 2.75) is 36.9 Å². The summed E-state index contributed by atoms with van der Waals surface area (Å²) in [4.78, 5) is 5.63. The molecule has 2 rings (SSSR count). The maximum atomic E-state index is 5.63. The molecule has 0 aromatic heterocycles. The topological polar surface area (TPSA) is 12.5 Å². The molecule has 0 atom stereocenters. The lowest BCUT2D eigenvalue weighted by Gasteiger charge is -2.44. The van der Waals surface area contributed by atoms with Gasteiger partial charge in [0.25, 0.3) is 0 Å². The van der Waals surface area contributed by atoms with Crippen molar-refractivity contribution in [3.63, 3.8) is 0 Å². The van der Waals surface area contributed by atoms with Gasteiger partial charge in [0.05, 0.1) is 6.61 Å². The van der Waals surface area contributed by atoms with E-state index in [1.807, 2.05) is 11.8 Å². The average Bonchev–Trinajstić information content (AvgIpc) is 2.13. The first kappa shape index (κ1) is 9.81. The SMILES string of the molecule is CSC1(CN2CCCCO2)CCC1. The van der Waals surface area contributed by atoms with Gasteiger partial charge in [-0.15, -0.1) is 0 Å².